The first-order valence-electron chi connectivity index (χ1n) is 11.9. The van der Waals surface area contributed by atoms with Gasteiger partial charge in [0, 0.05) is 24.3 Å². The smallest absolute Gasteiger partial charge is 0.262 e. The van der Waals surface area contributed by atoms with Crippen LogP contribution in [0.2, 0.25) is 0 Å². The highest BCUT2D eigenvalue weighted by Crippen LogP contribution is 2.35. The van der Waals surface area contributed by atoms with E-state index in [1.165, 1.54) is 12.0 Å². The molecule has 2 aromatic rings. The van der Waals surface area contributed by atoms with E-state index in [0.717, 1.165) is 37.2 Å². The average Bonchev–Trinajstić information content (AvgIpc) is 2.76. The first-order valence-corrected chi connectivity index (χ1v) is 11.9. The third-order valence-corrected chi connectivity index (χ3v) is 6.05. The highest BCUT2D eigenvalue weighted by molar-refractivity contribution is 5.97. The molecule has 5 heteroatoms. The van der Waals surface area contributed by atoms with E-state index in [1.807, 2.05) is 11.0 Å². The molecule has 3 rings (SSSR count). The molecule has 0 atom stereocenters. The van der Waals surface area contributed by atoms with Gasteiger partial charge in [-0.15, -0.1) is 0 Å². The fourth-order valence-corrected chi connectivity index (χ4v) is 4.06. The zero-order valence-corrected chi connectivity index (χ0v) is 21.0. The average molecular weight is 451 g/mol. The predicted molar refractivity (Wildman–Crippen MR) is 134 cm³/mol. The minimum Gasteiger partial charge on any atom is -0.483 e. The van der Waals surface area contributed by atoms with E-state index in [9.17, 15) is 9.59 Å². The van der Waals surface area contributed by atoms with Gasteiger partial charge in [-0.2, -0.15) is 0 Å². The Hall–Kier alpha value is -2.82. The summed E-state index contributed by atoms with van der Waals surface area (Å²) in [5.41, 5.74) is 3.44. The van der Waals surface area contributed by atoms with Crippen molar-refractivity contribution in [2.24, 2.45) is 0 Å². The second kappa shape index (κ2) is 9.98. The van der Waals surface area contributed by atoms with E-state index in [4.69, 9.17) is 4.74 Å². The summed E-state index contributed by atoms with van der Waals surface area (Å²) in [7, 11) is 0. The number of rotatable bonds is 5. The van der Waals surface area contributed by atoms with Gasteiger partial charge >= 0.3 is 0 Å². The van der Waals surface area contributed by atoms with E-state index in [-0.39, 0.29) is 29.3 Å². The topological polar surface area (TPSA) is 58.6 Å². The molecule has 1 heterocycles. The summed E-state index contributed by atoms with van der Waals surface area (Å²) in [5.74, 6) is 0.493. The SMILES string of the molecule is CC(C)(C)c1ccc(OCC(=O)Nc2cccc(C(=O)N3CCCCC3)c2)c(C(C)(C)C)c1. The van der Waals surface area contributed by atoms with Crippen molar-refractivity contribution in [3.63, 3.8) is 0 Å². The first kappa shape index (κ1) is 24.8. The van der Waals surface area contributed by atoms with E-state index in [2.05, 4.69) is 59.0 Å². The lowest BCUT2D eigenvalue weighted by Crippen LogP contribution is -2.35. The normalized spacial score (nSPS) is 14.7. The van der Waals surface area contributed by atoms with Crippen LogP contribution >= 0.6 is 0 Å². The molecular weight excluding hydrogens is 412 g/mol. The maximum Gasteiger partial charge on any atom is 0.262 e. The molecule has 178 valence electrons. The highest BCUT2D eigenvalue weighted by atomic mass is 16.5. The number of carbonyl (C=O) groups is 2. The molecule has 0 radical (unpaired) electrons. The maximum atomic E-state index is 12.8. The van der Waals surface area contributed by atoms with Crippen LogP contribution in [0.3, 0.4) is 0 Å². The van der Waals surface area contributed by atoms with Gasteiger partial charge in [-0.25, -0.2) is 0 Å². The maximum absolute atomic E-state index is 12.8. The van der Waals surface area contributed by atoms with Gasteiger partial charge in [0.1, 0.15) is 5.75 Å². The number of hydrogen-bond donors (Lipinski definition) is 1. The number of anilines is 1. The van der Waals surface area contributed by atoms with Gasteiger partial charge in [0.05, 0.1) is 0 Å². The van der Waals surface area contributed by atoms with Crippen LogP contribution in [0.5, 0.6) is 5.75 Å². The summed E-state index contributed by atoms with van der Waals surface area (Å²) in [4.78, 5) is 27.3. The van der Waals surface area contributed by atoms with Crippen molar-refractivity contribution in [3.8, 4) is 5.75 Å². The highest BCUT2D eigenvalue weighted by Gasteiger charge is 2.23. The molecule has 1 aliphatic heterocycles. The second-order valence-corrected chi connectivity index (χ2v) is 11.0. The van der Waals surface area contributed by atoms with E-state index in [0.29, 0.717) is 11.3 Å². The fraction of sp³-hybridized carbons (Fsp3) is 0.500. The molecule has 0 bridgehead atoms. The van der Waals surface area contributed by atoms with Crippen LogP contribution in [0.4, 0.5) is 5.69 Å². The first-order chi connectivity index (χ1) is 15.4. The van der Waals surface area contributed by atoms with Crippen LogP contribution in [-0.2, 0) is 15.6 Å². The molecule has 1 N–H and O–H groups in total. The zero-order chi connectivity index (χ0) is 24.2. The van der Waals surface area contributed by atoms with Gasteiger partial charge in [0.25, 0.3) is 11.8 Å². The van der Waals surface area contributed by atoms with Crippen molar-refractivity contribution in [2.45, 2.75) is 71.6 Å². The van der Waals surface area contributed by atoms with Gasteiger partial charge < -0.3 is 15.0 Å². The quantitative estimate of drug-likeness (QED) is 0.615. The van der Waals surface area contributed by atoms with Crippen molar-refractivity contribution in [2.75, 3.05) is 25.0 Å². The molecule has 1 fully saturated rings. The molecule has 2 aromatic carbocycles. The van der Waals surface area contributed by atoms with Crippen molar-refractivity contribution in [1.29, 1.82) is 0 Å². The number of nitrogens with zero attached hydrogens (tertiary/aromatic N) is 1. The Morgan fingerprint density at radius 3 is 2.24 bits per heavy atom. The molecule has 0 spiro atoms. The van der Waals surface area contributed by atoms with E-state index >= 15 is 0 Å². The Labute approximate surface area is 198 Å². The molecule has 0 aliphatic carbocycles. The third-order valence-electron chi connectivity index (χ3n) is 6.05. The van der Waals surface area contributed by atoms with Gasteiger partial charge in [0.15, 0.2) is 6.61 Å². The number of piperidine rings is 1. The Morgan fingerprint density at radius 2 is 1.61 bits per heavy atom. The second-order valence-electron chi connectivity index (χ2n) is 11.0. The zero-order valence-electron chi connectivity index (χ0n) is 21.0. The summed E-state index contributed by atoms with van der Waals surface area (Å²) < 4.78 is 5.95. The summed E-state index contributed by atoms with van der Waals surface area (Å²) in [6.45, 7) is 14.5. The van der Waals surface area contributed by atoms with Crippen LogP contribution in [0, 0.1) is 0 Å². The van der Waals surface area contributed by atoms with Crippen molar-refractivity contribution in [1.82, 2.24) is 4.90 Å². The van der Waals surface area contributed by atoms with Gasteiger partial charge in [0.2, 0.25) is 0 Å². The van der Waals surface area contributed by atoms with Crippen LogP contribution in [0.1, 0.15) is 82.3 Å². The summed E-state index contributed by atoms with van der Waals surface area (Å²) >= 11 is 0. The molecule has 5 nitrogen and oxygen atoms in total. The molecule has 2 amide bonds. The lowest BCUT2D eigenvalue weighted by Gasteiger charge is -2.27. The Kier molecular flexibility index (Phi) is 7.51. The van der Waals surface area contributed by atoms with E-state index < -0.39 is 0 Å². The Balaban J connectivity index is 1.67. The Morgan fingerprint density at radius 1 is 0.909 bits per heavy atom. The van der Waals surface area contributed by atoms with Crippen LogP contribution < -0.4 is 10.1 Å². The number of likely N-dealkylation sites (tertiary alicyclic amines) is 1. The number of carbonyl (C=O) groups excluding carboxylic acids is 2. The number of hydrogen-bond acceptors (Lipinski definition) is 3. The van der Waals surface area contributed by atoms with Gasteiger partial charge in [-0.3, -0.25) is 9.59 Å². The molecule has 0 aromatic heterocycles. The number of amides is 2. The van der Waals surface area contributed by atoms with Crippen molar-refractivity contribution in [3.05, 3.63) is 59.2 Å². The number of ether oxygens (including phenoxy) is 1. The van der Waals surface area contributed by atoms with Gasteiger partial charge in [-0.1, -0.05) is 59.7 Å². The summed E-state index contributed by atoms with van der Waals surface area (Å²) in [6, 6.07) is 13.4. The lowest BCUT2D eigenvalue weighted by molar-refractivity contribution is -0.118. The standard InChI is InChI=1S/C28H38N2O3/c1-27(2,3)21-13-14-24(23(18-21)28(4,5)6)33-19-25(31)29-22-12-10-11-20(17-22)26(32)30-15-8-7-9-16-30/h10-14,17-18H,7-9,15-16,19H2,1-6H3,(H,29,31). The lowest BCUT2D eigenvalue weighted by atomic mass is 9.80. The minimum absolute atomic E-state index is 0.0239. The molecular formula is C28H38N2O3. The fourth-order valence-electron chi connectivity index (χ4n) is 4.06. The molecule has 1 saturated heterocycles. The minimum atomic E-state index is -0.252. The molecule has 0 saturated carbocycles. The molecule has 1 aliphatic rings. The number of benzene rings is 2. The van der Waals surface area contributed by atoms with Crippen LogP contribution in [-0.4, -0.2) is 36.4 Å². The largest absolute Gasteiger partial charge is 0.483 e. The molecule has 33 heavy (non-hydrogen) atoms. The third kappa shape index (κ3) is 6.59. The van der Waals surface area contributed by atoms with Crippen molar-refractivity contribution >= 4 is 17.5 Å². The van der Waals surface area contributed by atoms with Crippen molar-refractivity contribution < 1.29 is 14.3 Å². The van der Waals surface area contributed by atoms with Crippen LogP contribution in [0.15, 0.2) is 42.5 Å². The summed E-state index contributed by atoms with van der Waals surface area (Å²) in [6.07, 6.45) is 3.27. The predicted octanol–water partition coefficient (Wildman–Crippen LogP) is 5.93. The van der Waals surface area contributed by atoms with E-state index in [1.54, 1.807) is 24.3 Å². The monoisotopic (exact) mass is 450 g/mol. The van der Waals surface area contributed by atoms with Gasteiger partial charge in [-0.05, 0) is 65.5 Å². The summed E-state index contributed by atoms with van der Waals surface area (Å²) in [5, 5.41) is 2.87. The Bertz CT molecular complexity index is 993. The number of nitrogens with one attached hydrogen (secondary N) is 1. The van der Waals surface area contributed by atoms with Crippen LogP contribution in [0.25, 0.3) is 0 Å². The molecule has 0 unspecified atom stereocenters.